The van der Waals surface area contributed by atoms with E-state index in [9.17, 15) is 9.59 Å². The Morgan fingerprint density at radius 1 is 0.821 bits per heavy atom. The van der Waals surface area contributed by atoms with Gasteiger partial charge in [-0.2, -0.15) is 0 Å². The Bertz CT molecular complexity index is 975. The number of hydrogen-bond donors (Lipinski definition) is 0. The summed E-state index contributed by atoms with van der Waals surface area (Å²) in [4.78, 5) is 25.2. The minimum absolute atomic E-state index is 0.0901. The third kappa shape index (κ3) is 4.56. The fourth-order valence-corrected chi connectivity index (χ4v) is 4.85. The number of ketones is 2. The molecule has 0 aliphatic heterocycles. The van der Waals surface area contributed by atoms with Crippen molar-refractivity contribution < 1.29 is 18.0 Å². The van der Waals surface area contributed by atoms with Gasteiger partial charge in [-0.25, -0.2) is 0 Å². The van der Waals surface area contributed by atoms with Crippen LogP contribution in [0.25, 0.3) is 21.9 Å². The zero-order chi connectivity index (χ0) is 20.3. The summed E-state index contributed by atoms with van der Waals surface area (Å²) in [6, 6.07) is 15.7. The van der Waals surface area contributed by atoms with Gasteiger partial charge < -0.3 is 8.39 Å². The van der Waals surface area contributed by atoms with Crippen LogP contribution in [-0.2, 0) is 15.8 Å². The average molecular weight is 398 g/mol. The van der Waals surface area contributed by atoms with Crippen LogP contribution in [0.5, 0.6) is 0 Å². The lowest BCUT2D eigenvalue weighted by Gasteiger charge is -2.17. The first-order valence-electron chi connectivity index (χ1n) is 9.75. The molecule has 0 radical (unpaired) electrons. The third-order valence-electron chi connectivity index (χ3n) is 4.90. The number of fused-ring (bicyclic) bond motifs is 3. The van der Waals surface area contributed by atoms with E-state index in [1.54, 1.807) is 0 Å². The molecule has 0 spiro atoms. The first-order chi connectivity index (χ1) is 13.4. The van der Waals surface area contributed by atoms with Crippen LogP contribution in [0.3, 0.4) is 0 Å². The highest BCUT2D eigenvalue weighted by Gasteiger charge is 2.27. The number of carbonyl (C=O) groups is 2. The van der Waals surface area contributed by atoms with E-state index >= 15 is 0 Å². The molecule has 148 valence electrons. The van der Waals surface area contributed by atoms with Crippen LogP contribution in [0.15, 0.2) is 56.9 Å². The zero-order valence-corrected chi connectivity index (χ0v) is 17.7. The minimum atomic E-state index is -1.39. The molecule has 0 N–H and O–H groups in total. The summed E-state index contributed by atoms with van der Waals surface area (Å²) in [7, 11) is -1.39. The number of hydrogen-bond acceptors (Lipinski definition) is 4. The van der Waals surface area contributed by atoms with Gasteiger partial charge in [-0.1, -0.05) is 64.1 Å². The van der Waals surface area contributed by atoms with Crippen molar-refractivity contribution in [1.29, 1.82) is 0 Å². The second-order valence-electron chi connectivity index (χ2n) is 7.77. The molecule has 0 fully saturated rings. The molecule has 1 atom stereocenters. The number of benzene rings is 2. The summed E-state index contributed by atoms with van der Waals surface area (Å²) in [6.45, 7) is 7.50. The van der Waals surface area contributed by atoms with E-state index in [1.165, 1.54) is 0 Å². The van der Waals surface area contributed by atoms with Crippen LogP contribution in [0.1, 0.15) is 34.1 Å². The largest absolute Gasteiger partial charge is 0.419 e. The SMILES string of the molecule is CC(C)C(=O)CC(Cp1oc2ccccc2c2ccccc2o1)C(=O)C(C)C. The topological polar surface area (TPSA) is 60.4 Å². The Balaban J connectivity index is 2.09. The molecule has 0 saturated carbocycles. The van der Waals surface area contributed by atoms with Crippen LogP contribution in [0, 0.1) is 17.8 Å². The van der Waals surface area contributed by atoms with Gasteiger partial charge in [-0.3, -0.25) is 9.59 Å². The van der Waals surface area contributed by atoms with E-state index in [4.69, 9.17) is 8.39 Å². The molecule has 2 aromatic carbocycles. The molecule has 28 heavy (non-hydrogen) atoms. The standard InChI is InChI=1S/C23H27O4P/c1-15(2)20(24)13-17(23(25)16(3)4)14-28-26-21-11-7-5-9-18(21)19-10-6-8-12-22(19)27-28/h5-12,15-17H,13-14H2,1-4H3. The normalized spacial score (nSPS) is 12.6. The van der Waals surface area contributed by atoms with Crippen molar-refractivity contribution in [2.75, 3.05) is 0 Å². The van der Waals surface area contributed by atoms with Gasteiger partial charge >= 0.3 is 0 Å². The molecular weight excluding hydrogens is 371 g/mol. The maximum Gasteiger partial charge on any atom is 0.217 e. The summed E-state index contributed by atoms with van der Waals surface area (Å²) >= 11 is 0. The van der Waals surface area contributed by atoms with Crippen LogP contribution in [0.4, 0.5) is 0 Å². The lowest BCUT2D eigenvalue weighted by Crippen LogP contribution is -2.25. The fraction of sp³-hybridized carbons (Fsp3) is 0.391. The minimum Gasteiger partial charge on any atom is -0.419 e. The third-order valence-corrected chi connectivity index (χ3v) is 6.44. The zero-order valence-electron chi connectivity index (χ0n) is 16.8. The quantitative estimate of drug-likeness (QED) is 0.442. The van der Waals surface area contributed by atoms with Crippen molar-refractivity contribution in [3.63, 3.8) is 0 Å². The molecule has 1 heterocycles. The fourth-order valence-electron chi connectivity index (χ4n) is 3.24. The van der Waals surface area contributed by atoms with Crippen molar-refractivity contribution in [2.45, 2.75) is 40.3 Å². The second-order valence-corrected chi connectivity index (χ2v) is 9.17. The van der Waals surface area contributed by atoms with Gasteiger partial charge in [0.1, 0.15) is 22.7 Å². The maximum atomic E-state index is 12.8. The van der Waals surface area contributed by atoms with Crippen LogP contribution < -0.4 is 0 Å². The summed E-state index contributed by atoms with van der Waals surface area (Å²) in [5.41, 5.74) is 1.51. The first kappa shape index (κ1) is 20.4. The number of Topliss-reactive ketones (excluding diaryl/α,β-unsaturated/α-hetero) is 2. The van der Waals surface area contributed by atoms with Gasteiger partial charge in [-0.05, 0) is 12.1 Å². The molecule has 3 aromatic rings. The van der Waals surface area contributed by atoms with E-state index in [0.29, 0.717) is 6.16 Å². The van der Waals surface area contributed by atoms with E-state index in [2.05, 4.69) is 0 Å². The molecule has 0 aliphatic carbocycles. The van der Waals surface area contributed by atoms with Gasteiger partial charge in [0, 0.05) is 34.9 Å². The number of carbonyl (C=O) groups excluding carboxylic acids is 2. The molecule has 5 heteroatoms. The predicted octanol–water partition coefficient (Wildman–Crippen LogP) is 6.75. The first-order valence-corrected chi connectivity index (χ1v) is 11.1. The van der Waals surface area contributed by atoms with E-state index < -0.39 is 13.9 Å². The molecule has 1 aromatic heterocycles. The molecule has 0 saturated heterocycles. The molecule has 0 bridgehead atoms. The second kappa shape index (κ2) is 8.79. The van der Waals surface area contributed by atoms with Gasteiger partial charge in [0.15, 0.2) is 0 Å². The van der Waals surface area contributed by atoms with Crippen molar-refractivity contribution >= 4 is 41.5 Å². The Morgan fingerprint density at radius 2 is 1.32 bits per heavy atom. The molecule has 3 rings (SSSR count). The summed E-state index contributed by atoms with van der Waals surface area (Å²) in [5, 5.41) is 1.96. The Morgan fingerprint density at radius 3 is 1.79 bits per heavy atom. The lowest BCUT2D eigenvalue weighted by atomic mass is 9.90. The summed E-state index contributed by atoms with van der Waals surface area (Å²) in [5.74, 6) is -0.420. The Hall–Kier alpha value is -2.32. The highest BCUT2D eigenvalue weighted by atomic mass is 31.1. The predicted molar refractivity (Wildman–Crippen MR) is 114 cm³/mol. The monoisotopic (exact) mass is 398 g/mol. The van der Waals surface area contributed by atoms with Crippen molar-refractivity contribution in [1.82, 2.24) is 0 Å². The number of rotatable bonds is 7. The molecule has 0 aliphatic rings. The number of para-hydroxylation sites is 2. The van der Waals surface area contributed by atoms with E-state index in [0.717, 1.165) is 21.9 Å². The lowest BCUT2D eigenvalue weighted by molar-refractivity contribution is -0.130. The van der Waals surface area contributed by atoms with E-state index in [-0.39, 0.29) is 29.8 Å². The van der Waals surface area contributed by atoms with Gasteiger partial charge in [-0.15, -0.1) is 0 Å². The molecular formula is C23H27O4P. The van der Waals surface area contributed by atoms with Gasteiger partial charge in [0.25, 0.3) is 0 Å². The Kier molecular flexibility index (Phi) is 6.41. The van der Waals surface area contributed by atoms with Crippen molar-refractivity contribution in [3.05, 3.63) is 48.5 Å². The maximum absolute atomic E-state index is 12.8. The molecule has 4 nitrogen and oxygen atoms in total. The molecule has 1 unspecified atom stereocenters. The van der Waals surface area contributed by atoms with Crippen molar-refractivity contribution in [2.24, 2.45) is 17.8 Å². The Labute approximate surface area is 166 Å². The highest BCUT2D eigenvalue weighted by Crippen LogP contribution is 2.39. The van der Waals surface area contributed by atoms with Gasteiger partial charge in [0.2, 0.25) is 8.01 Å². The summed E-state index contributed by atoms with van der Waals surface area (Å²) < 4.78 is 12.4. The van der Waals surface area contributed by atoms with Crippen LogP contribution >= 0.6 is 8.01 Å². The smallest absolute Gasteiger partial charge is 0.217 e. The van der Waals surface area contributed by atoms with E-state index in [1.807, 2.05) is 76.2 Å². The highest BCUT2D eigenvalue weighted by molar-refractivity contribution is 7.36. The van der Waals surface area contributed by atoms with Crippen molar-refractivity contribution in [3.8, 4) is 0 Å². The van der Waals surface area contributed by atoms with Crippen LogP contribution in [-0.4, -0.2) is 11.6 Å². The van der Waals surface area contributed by atoms with Crippen LogP contribution in [0.2, 0.25) is 0 Å². The average Bonchev–Trinajstić information content (AvgIpc) is 2.82. The summed E-state index contributed by atoms with van der Waals surface area (Å²) in [6.07, 6.45) is 0.650. The van der Waals surface area contributed by atoms with Gasteiger partial charge in [0.05, 0.1) is 6.16 Å². The molecule has 0 amide bonds.